The number of anilines is 2. The summed E-state index contributed by atoms with van der Waals surface area (Å²) in [6, 6.07) is 21.8. The monoisotopic (exact) mass is 548 g/mol. The van der Waals surface area contributed by atoms with Crippen molar-refractivity contribution >= 4 is 48.7 Å². The van der Waals surface area contributed by atoms with Gasteiger partial charge in [-0.05, 0) is 58.7 Å². The molecule has 0 bridgehead atoms. The standard InChI is InChI=1S/C24H29BrN4O2S2/c1-19(18-28-13-15-29(16-14-28)21-8-3-2-4-9-21)26-17-20-7-5-6-10-22(20)27-33(30,31)24-12-11-23(25)32-24/h2-12,19,26-27H,13-18H2,1H3. The van der Waals surface area contributed by atoms with Gasteiger partial charge in [0.1, 0.15) is 4.21 Å². The highest BCUT2D eigenvalue weighted by atomic mass is 79.9. The number of para-hydroxylation sites is 2. The smallest absolute Gasteiger partial charge is 0.271 e. The van der Waals surface area contributed by atoms with Crippen molar-refractivity contribution in [3.63, 3.8) is 0 Å². The summed E-state index contributed by atoms with van der Waals surface area (Å²) in [5.74, 6) is 0. The molecule has 1 atom stereocenters. The van der Waals surface area contributed by atoms with Crippen molar-refractivity contribution in [3.05, 3.63) is 76.1 Å². The Labute approximate surface area is 208 Å². The predicted molar refractivity (Wildman–Crippen MR) is 141 cm³/mol. The number of hydrogen-bond acceptors (Lipinski definition) is 6. The SMILES string of the molecule is CC(CN1CCN(c2ccccc2)CC1)NCc1ccccc1NS(=O)(=O)c1ccc(Br)s1. The van der Waals surface area contributed by atoms with Gasteiger partial charge in [0.25, 0.3) is 10.0 Å². The Morgan fingerprint density at radius 3 is 2.36 bits per heavy atom. The summed E-state index contributed by atoms with van der Waals surface area (Å²) in [7, 11) is -3.61. The lowest BCUT2D eigenvalue weighted by molar-refractivity contribution is 0.233. The fourth-order valence-electron chi connectivity index (χ4n) is 3.97. The lowest BCUT2D eigenvalue weighted by Crippen LogP contribution is -2.50. The van der Waals surface area contributed by atoms with Crippen LogP contribution in [0.25, 0.3) is 0 Å². The minimum Gasteiger partial charge on any atom is -0.369 e. The molecule has 2 aromatic carbocycles. The van der Waals surface area contributed by atoms with E-state index >= 15 is 0 Å². The van der Waals surface area contributed by atoms with Crippen LogP contribution in [0.1, 0.15) is 12.5 Å². The molecule has 0 amide bonds. The van der Waals surface area contributed by atoms with Crippen molar-refractivity contribution < 1.29 is 8.42 Å². The van der Waals surface area contributed by atoms with Gasteiger partial charge >= 0.3 is 0 Å². The van der Waals surface area contributed by atoms with Crippen LogP contribution in [-0.4, -0.2) is 52.1 Å². The topological polar surface area (TPSA) is 64.7 Å². The highest BCUT2D eigenvalue weighted by molar-refractivity contribution is 9.11. The maximum Gasteiger partial charge on any atom is 0.271 e. The first-order valence-electron chi connectivity index (χ1n) is 11.0. The summed E-state index contributed by atoms with van der Waals surface area (Å²) >= 11 is 4.53. The molecule has 0 aliphatic carbocycles. The summed E-state index contributed by atoms with van der Waals surface area (Å²) in [6.45, 7) is 7.86. The molecule has 6 nitrogen and oxygen atoms in total. The van der Waals surface area contributed by atoms with E-state index in [0.29, 0.717) is 16.4 Å². The molecule has 176 valence electrons. The fourth-order valence-corrected chi connectivity index (χ4v) is 7.09. The Bertz CT molecular complexity index is 1150. The van der Waals surface area contributed by atoms with Crippen molar-refractivity contribution in [1.82, 2.24) is 10.2 Å². The number of piperazine rings is 1. The Balaban J connectivity index is 1.29. The normalized spacial score (nSPS) is 16.0. The molecule has 1 saturated heterocycles. The lowest BCUT2D eigenvalue weighted by atomic mass is 10.1. The van der Waals surface area contributed by atoms with Gasteiger partial charge in [-0.2, -0.15) is 0 Å². The molecule has 2 N–H and O–H groups in total. The third kappa shape index (κ3) is 6.58. The van der Waals surface area contributed by atoms with E-state index in [1.807, 2.05) is 24.3 Å². The molecule has 1 fully saturated rings. The minimum absolute atomic E-state index is 0.284. The highest BCUT2D eigenvalue weighted by Gasteiger charge is 2.20. The van der Waals surface area contributed by atoms with Crippen LogP contribution in [0.15, 0.2) is 74.7 Å². The maximum absolute atomic E-state index is 12.7. The molecule has 0 spiro atoms. The van der Waals surface area contributed by atoms with Gasteiger partial charge < -0.3 is 10.2 Å². The number of halogens is 1. The largest absolute Gasteiger partial charge is 0.369 e. The van der Waals surface area contributed by atoms with Gasteiger partial charge in [-0.15, -0.1) is 11.3 Å². The van der Waals surface area contributed by atoms with Crippen molar-refractivity contribution in [2.24, 2.45) is 0 Å². The summed E-state index contributed by atoms with van der Waals surface area (Å²) in [5, 5.41) is 3.56. The Morgan fingerprint density at radius 1 is 0.970 bits per heavy atom. The molecule has 1 aliphatic heterocycles. The number of nitrogens with one attached hydrogen (secondary N) is 2. The van der Waals surface area contributed by atoms with Crippen LogP contribution in [0.4, 0.5) is 11.4 Å². The summed E-state index contributed by atoms with van der Waals surface area (Å²) < 4.78 is 29.3. The predicted octanol–water partition coefficient (Wildman–Crippen LogP) is 4.61. The van der Waals surface area contributed by atoms with Crippen molar-refractivity contribution in [3.8, 4) is 0 Å². The molecule has 1 aromatic heterocycles. The van der Waals surface area contributed by atoms with Gasteiger partial charge in [0.2, 0.25) is 0 Å². The maximum atomic E-state index is 12.7. The second-order valence-corrected chi connectivity index (χ2v) is 12.6. The number of benzene rings is 2. The second kappa shape index (κ2) is 11.0. The lowest BCUT2D eigenvalue weighted by Gasteiger charge is -2.37. The summed E-state index contributed by atoms with van der Waals surface area (Å²) in [4.78, 5) is 4.92. The first-order valence-corrected chi connectivity index (χ1v) is 14.1. The minimum atomic E-state index is -3.61. The van der Waals surface area contributed by atoms with Gasteiger partial charge in [-0.1, -0.05) is 36.4 Å². The second-order valence-electron chi connectivity index (χ2n) is 8.23. The quantitative estimate of drug-likeness (QED) is 0.408. The Kier molecular flexibility index (Phi) is 8.08. The van der Waals surface area contributed by atoms with Crippen LogP contribution in [0.3, 0.4) is 0 Å². The van der Waals surface area contributed by atoms with Crippen molar-refractivity contribution in [2.75, 3.05) is 42.3 Å². The molecule has 0 radical (unpaired) electrons. The van der Waals surface area contributed by atoms with Gasteiger partial charge in [-0.25, -0.2) is 8.42 Å². The zero-order valence-corrected chi connectivity index (χ0v) is 21.8. The van der Waals surface area contributed by atoms with Crippen LogP contribution >= 0.6 is 27.3 Å². The molecule has 3 aromatic rings. The molecule has 0 saturated carbocycles. The van der Waals surface area contributed by atoms with Gasteiger partial charge in [-0.3, -0.25) is 9.62 Å². The van der Waals surface area contributed by atoms with E-state index in [-0.39, 0.29) is 6.04 Å². The van der Waals surface area contributed by atoms with E-state index < -0.39 is 10.0 Å². The highest BCUT2D eigenvalue weighted by Crippen LogP contribution is 2.28. The third-order valence-corrected chi connectivity index (χ3v) is 9.22. The Morgan fingerprint density at radius 2 is 1.67 bits per heavy atom. The van der Waals surface area contributed by atoms with Gasteiger partial charge in [0, 0.05) is 51.0 Å². The van der Waals surface area contributed by atoms with Crippen LogP contribution in [0.2, 0.25) is 0 Å². The number of nitrogens with zero attached hydrogens (tertiary/aromatic N) is 2. The molecule has 33 heavy (non-hydrogen) atoms. The van der Waals surface area contributed by atoms with E-state index in [1.54, 1.807) is 12.1 Å². The zero-order chi connectivity index (χ0) is 23.3. The van der Waals surface area contributed by atoms with Gasteiger partial charge in [0.15, 0.2) is 0 Å². The summed E-state index contributed by atoms with van der Waals surface area (Å²) in [5.41, 5.74) is 2.83. The zero-order valence-electron chi connectivity index (χ0n) is 18.6. The molecule has 1 aliphatic rings. The Hall–Kier alpha value is -1.91. The third-order valence-electron chi connectivity index (χ3n) is 5.74. The van der Waals surface area contributed by atoms with E-state index in [0.717, 1.165) is 42.1 Å². The number of hydrogen-bond donors (Lipinski definition) is 2. The number of sulfonamides is 1. The van der Waals surface area contributed by atoms with Gasteiger partial charge in [0.05, 0.1) is 9.47 Å². The van der Waals surface area contributed by atoms with E-state index in [1.165, 1.54) is 17.0 Å². The number of thiophene rings is 1. The molecule has 1 unspecified atom stereocenters. The molecular weight excluding hydrogens is 520 g/mol. The fraction of sp³-hybridized carbons (Fsp3) is 0.333. The molecule has 9 heteroatoms. The number of rotatable bonds is 9. The molecule has 2 heterocycles. The average molecular weight is 550 g/mol. The van der Waals surface area contributed by atoms with Crippen LogP contribution in [0.5, 0.6) is 0 Å². The average Bonchev–Trinajstić information content (AvgIpc) is 3.27. The summed E-state index contributed by atoms with van der Waals surface area (Å²) in [6.07, 6.45) is 0. The molecular formula is C24H29BrN4O2S2. The van der Waals surface area contributed by atoms with Crippen LogP contribution in [-0.2, 0) is 16.6 Å². The van der Waals surface area contributed by atoms with E-state index in [2.05, 4.69) is 73.0 Å². The molecule has 4 rings (SSSR count). The van der Waals surface area contributed by atoms with Crippen molar-refractivity contribution in [2.45, 2.75) is 23.7 Å². The van der Waals surface area contributed by atoms with Crippen LogP contribution in [0, 0.1) is 0 Å². The van der Waals surface area contributed by atoms with E-state index in [4.69, 9.17) is 0 Å². The van der Waals surface area contributed by atoms with E-state index in [9.17, 15) is 8.42 Å². The first kappa shape index (κ1) is 24.2. The van der Waals surface area contributed by atoms with Crippen molar-refractivity contribution in [1.29, 1.82) is 0 Å². The first-order chi connectivity index (χ1) is 15.9. The van der Waals surface area contributed by atoms with Crippen LogP contribution < -0.4 is 14.9 Å².